The highest BCUT2D eigenvalue weighted by atomic mass is 35.5. The van der Waals surface area contributed by atoms with Crippen LogP contribution in [-0.4, -0.2) is 5.91 Å². The Hall–Kier alpha value is -1.80. The summed E-state index contributed by atoms with van der Waals surface area (Å²) in [6.45, 7) is 0. The van der Waals surface area contributed by atoms with Crippen LogP contribution in [0.4, 0.5) is 5.69 Å². The van der Waals surface area contributed by atoms with Crippen LogP contribution in [0.3, 0.4) is 0 Å². The predicted molar refractivity (Wildman–Crippen MR) is 77.7 cm³/mol. The molecule has 0 aliphatic carbocycles. The van der Waals surface area contributed by atoms with Crippen molar-refractivity contribution in [1.82, 2.24) is 0 Å². The van der Waals surface area contributed by atoms with Gasteiger partial charge in [0, 0.05) is 17.1 Å². The number of anilines is 1. The van der Waals surface area contributed by atoms with E-state index in [1.807, 2.05) is 24.3 Å². The topological polar surface area (TPSA) is 29.1 Å². The Morgan fingerprint density at radius 2 is 1.89 bits per heavy atom. The molecule has 0 atom stereocenters. The molecule has 96 valence electrons. The molecule has 2 nitrogen and oxygen atoms in total. The molecule has 3 heteroatoms. The summed E-state index contributed by atoms with van der Waals surface area (Å²) in [5.74, 6) is 0.0689. The van der Waals surface area contributed by atoms with Crippen molar-refractivity contribution in [2.45, 2.75) is 19.3 Å². The summed E-state index contributed by atoms with van der Waals surface area (Å²) < 4.78 is 0. The third-order valence-electron chi connectivity index (χ3n) is 3.41. The average Bonchev–Trinajstić information content (AvgIpc) is 2.41. The molecular weight excluding hydrogens is 258 g/mol. The SMILES string of the molecule is O=C1CCc2cc(Cc3ccccc3)c(Cl)cc2N1. The molecule has 1 N–H and O–H groups in total. The molecule has 0 aromatic heterocycles. The molecule has 1 amide bonds. The Bertz CT molecular complexity index is 622. The van der Waals surface area contributed by atoms with Crippen molar-refractivity contribution in [3.8, 4) is 0 Å². The Labute approximate surface area is 117 Å². The zero-order chi connectivity index (χ0) is 13.2. The number of fused-ring (bicyclic) bond motifs is 1. The van der Waals surface area contributed by atoms with Gasteiger partial charge in [-0.2, -0.15) is 0 Å². The monoisotopic (exact) mass is 271 g/mol. The normalized spacial score (nSPS) is 13.8. The third kappa shape index (κ3) is 2.64. The molecule has 1 aliphatic rings. The number of nitrogens with one attached hydrogen (secondary N) is 1. The van der Waals surface area contributed by atoms with E-state index in [0.717, 1.165) is 24.1 Å². The number of hydrogen-bond donors (Lipinski definition) is 1. The minimum absolute atomic E-state index is 0.0689. The Morgan fingerprint density at radius 3 is 2.68 bits per heavy atom. The van der Waals surface area contributed by atoms with Gasteiger partial charge in [0.1, 0.15) is 0 Å². The van der Waals surface area contributed by atoms with Gasteiger partial charge in [0.25, 0.3) is 0 Å². The number of carbonyl (C=O) groups excluding carboxylic acids is 1. The lowest BCUT2D eigenvalue weighted by molar-refractivity contribution is -0.116. The van der Waals surface area contributed by atoms with E-state index in [9.17, 15) is 4.79 Å². The number of hydrogen-bond acceptors (Lipinski definition) is 1. The van der Waals surface area contributed by atoms with E-state index < -0.39 is 0 Å². The highest BCUT2D eigenvalue weighted by Crippen LogP contribution is 2.30. The number of aryl methyl sites for hydroxylation is 1. The molecule has 3 rings (SSSR count). The summed E-state index contributed by atoms with van der Waals surface area (Å²) >= 11 is 6.31. The average molecular weight is 272 g/mol. The van der Waals surface area contributed by atoms with Crippen LogP contribution in [0.5, 0.6) is 0 Å². The second kappa shape index (κ2) is 5.06. The van der Waals surface area contributed by atoms with E-state index in [0.29, 0.717) is 11.4 Å². The number of benzene rings is 2. The van der Waals surface area contributed by atoms with Crippen molar-refractivity contribution in [1.29, 1.82) is 0 Å². The standard InChI is InChI=1S/C16H14ClNO/c17-14-10-15-12(6-7-16(19)18-15)9-13(14)8-11-4-2-1-3-5-11/h1-5,9-10H,6-8H2,(H,18,19). The lowest BCUT2D eigenvalue weighted by Crippen LogP contribution is -2.19. The van der Waals surface area contributed by atoms with Gasteiger partial charge in [-0.15, -0.1) is 0 Å². The lowest BCUT2D eigenvalue weighted by atomic mass is 9.97. The first-order valence-electron chi connectivity index (χ1n) is 6.37. The maximum Gasteiger partial charge on any atom is 0.224 e. The lowest BCUT2D eigenvalue weighted by Gasteiger charge is -2.18. The molecule has 0 saturated carbocycles. The van der Waals surface area contributed by atoms with Crippen LogP contribution < -0.4 is 5.32 Å². The number of carbonyl (C=O) groups is 1. The summed E-state index contributed by atoms with van der Waals surface area (Å²) in [4.78, 5) is 11.4. The molecule has 0 unspecified atom stereocenters. The quantitative estimate of drug-likeness (QED) is 0.884. The predicted octanol–water partition coefficient (Wildman–Crippen LogP) is 3.82. The summed E-state index contributed by atoms with van der Waals surface area (Å²) in [5, 5.41) is 3.58. The molecule has 1 heterocycles. The Kier molecular flexibility index (Phi) is 3.26. The number of halogens is 1. The molecule has 19 heavy (non-hydrogen) atoms. The first-order valence-corrected chi connectivity index (χ1v) is 6.75. The van der Waals surface area contributed by atoms with Crippen molar-refractivity contribution < 1.29 is 4.79 Å². The van der Waals surface area contributed by atoms with E-state index in [1.165, 1.54) is 11.1 Å². The second-order valence-corrected chi connectivity index (χ2v) is 5.22. The molecule has 0 fully saturated rings. The highest BCUT2D eigenvalue weighted by molar-refractivity contribution is 6.31. The molecule has 0 bridgehead atoms. The van der Waals surface area contributed by atoms with Crippen molar-refractivity contribution in [3.63, 3.8) is 0 Å². The summed E-state index contributed by atoms with van der Waals surface area (Å²) in [6, 6.07) is 14.2. The molecule has 0 saturated heterocycles. The second-order valence-electron chi connectivity index (χ2n) is 4.81. The fraction of sp³-hybridized carbons (Fsp3) is 0.188. The first kappa shape index (κ1) is 12.2. The Balaban J connectivity index is 1.93. The minimum atomic E-state index is 0.0689. The molecule has 2 aromatic rings. The van der Waals surface area contributed by atoms with E-state index in [4.69, 9.17) is 11.6 Å². The van der Waals surface area contributed by atoms with Gasteiger partial charge in [0.15, 0.2) is 0 Å². The number of rotatable bonds is 2. The van der Waals surface area contributed by atoms with Crippen LogP contribution in [0, 0.1) is 0 Å². The number of amides is 1. The summed E-state index contributed by atoms with van der Waals surface area (Å²) in [5.41, 5.74) is 4.39. The van der Waals surface area contributed by atoms with E-state index in [2.05, 4.69) is 23.5 Å². The first-order chi connectivity index (χ1) is 9.22. The van der Waals surface area contributed by atoms with Crippen LogP contribution in [-0.2, 0) is 17.6 Å². The minimum Gasteiger partial charge on any atom is -0.326 e. The van der Waals surface area contributed by atoms with Gasteiger partial charge in [-0.25, -0.2) is 0 Å². The maximum atomic E-state index is 11.4. The smallest absolute Gasteiger partial charge is 0.224 e. The van der Waals surface area contributed by atoms with Gasteiger partial charge < -0.3 is 5.32 Å². The van der Waals surface area contributed by atoms with E-state index in [-0.39, 0.29) is 5.91 Å². The highest BCUT2D eigenvalue weighted by Gasteiger charge is 2.16. The van der Waals surface area contributed by atoms with Crippen molar-refractivity contribution in [3.05, 3.63) is 64.2 Å². The van der Waals surface area contributed by atoms with E-state index >= 15 is 0 Å². The van der Waals surface area contributed by atoms with E-state index in [1.54, 1.807) is 0 Å². The van der Waals surface area contributed by atoms with Crippen molar-refractivity contribution in [2.75, 3.05) is 5.32 Å². The fourth-order valence-electron chi connectivity index (χ4n) is 2.40. The van der Waals surface area contributed by atoms with Gasteiger partial charge in [0.05, 0.1) is 0 Å². The van der Waals surface area contributed by atoms with Crippen LogP contribution in [0.1, 0.15) is 23.1 Å². The molecule has 0 spiro atoms. The molecule has 2 aromatic carbocycles. The van der Waals surface area contributed by atoms with Gasteiger partial charge in [-0.1, -0.05) is 48.0 Å². The summed E-state index contributed by atoms with van der Waals surface area (Å²) in [7, 11) is 0. The van der Waals surface area contributed by atoms with Crippen LogP contribution in [0.15, 0.2) is 42.5 Å². The van der Waals surface area contributed by atoms with Gasteiger partial charge in [-0.05, 0) is 35.6 Å². The third-order valence-corrected chi connectivity index (χ3v) is 3.76. The van der Waals surface area contributed by atoms with Crippen molar-refractivity contribution in [2.24, 2.45) is 0 Å². The largest absolute Gasteiger partial charge is 0.326 e. The van der Waals surface area contributed by atoms with Gasteiger partial charge in [-0.3, -0.25) is 4.79 Å². The Morgan fingerprint density at radius 1 is 1.11 bits per heavy atom. The van der Waals surface area contributed by atoms with Crippen LogP contribution in [0.2, 0.25) is 5.02 Å². The van der Waals surface area contributed by atoms with Crippen LogP contribution in [0.25, 0.3) is 0 Å². The van der Waals surface area contributed by atoms with Gasteiger partial charge >= 0.3 is 0 Å². The summed E-state index contributed by atoms with van der Waals surface area (Å²) in [6.07, 6.45) is 2.17. The van der Waals surface area contributed by atoms with Crippen molar-refractivity contribution >= 4 is 23.2 Å². The molecule has 1 aliphatic heterocycles. The molecular formula is C16H14ClNO. The zero-order valence-corrected chi connectivity index (χ0v) is 11.2. The maximum absolute atomic E-state index is 11.4. The van der Waals surface area contributed by atoms with Crippen LogP contribution >= 0.6 is 11.6 Å². The fourth-order valence-corrected chi connectivity index (χ4v) is 2.63. The molecule has 0 radical (unpaired) electrons. The zero-order valence-electron chi connectivity index (χ0n) is 10.4. The van der Waals surface area contributed by atoms with Gasteiger partial charge in [0.2, 0.25) is 5.91 Å².